The summed E-state index contributed by atoms with van der Waals surface area (Å²) in [7, 11) is 0. The van der Waals surface area contributed by atoms with Gasteiger partial charge in [-0.1, -0.05) is 29.8 Å². The van der Waals surface area contributed by atoms with Gasteiger partial charge in [-0.15, -0.1) is 0 Å². The van der Waals surface area contributed by atoms with Crippen LogP contribution in [0.4, 0.5) is 0 Å². The van der Waals surface area contributed by atoms with E-state index < -0.39 is 0 Å². The Labute approximate surface area is 164 Å². The highest BCUT2D eigenvalue weighted by Gasteiger charge is 2.16. The number of halogens is 1. The fraction of sp³-hybridized carbons (Fsp3) is 0.429. The van der Waals surface area contributed by atoms with Crippen molar-refractivity contribution in [2.75, 3.05) is 32.8 Å². The Bertz CT molecular complexity index is 767. The molecule has 2 aromatic rings. The van der Waals surface area contributed by atoms with Crippen molar-refractivity contribution in [3.05, 3.63) is 58.9 Å². The van der Waals surface area contributed by atoms with Crippen LogP contribution in [-0.4, -0.2) is 54.0 Å². The minimum absolute atomic E-state index is 0.156. The largest absolute Gasteiger partial charge is 0.379 e. The third-order valence-electron chi connectivity index (χ3n) is 4.81. The molecule has 1 aromatic heterocycles. The predicted molar refractivity (Wildman–Crippen MR) is 105 cm³/mol. The quantitative estimate of drug-likeness (QED) is 0.650. The molecule has 0 bridgehead atoms. The molecule has 144 valence electrons. The number of carbonyl (C=O) groups is 2. The van der Waals surface area contributed by atoms with Gasteiger partial charge in [0.05, 0.1) is 13.2 Å². The number of nitrogens with zero attached hydrogens (tertiary/aromatic N) is 2. The Kier molecular flexibility index (Phi) is 7.21. The lowest BCUT2D eigenvalue weighted by molar-refractivity contribution is -0.118. The molecule has 2 heterocycles. The number of hydrogen-bond acceptors (Lipinski definition) is 4. The summed E-state index contributed by atoms with van der Waals surface area (Å²) in [5, 5.41) is 0.325. The first-order chi connectivity index (χ1) is 13.1. The number of ketones is 1. The zero-order valence-electron chi connectivity index (χ0n) is 15.4. The number of ether oxygens (including phenoxy) is 1. The molecule has 1 fully saturated rings. The van der Waals surface area contributed by atoms with Crippen molar-refractivity contribution < 1.29 is 14.3 Å². The highest BCUT2D eigenvalue weighted by atomic mass is 35.5. The average molecular weight is 389 g/mol. The molecule has 5 nitrogen and oxygen atoms in total. The molecule has 0 saturated carbocycles. The van der Waals surface area contributed by atoms with Crippen molar-refractivity contribution in [2.24, 2.45) is 0 Å². The second-order valence-corrected chi connectivity index (χ2v) is 7.16. The minimum atomic E-state index is -0.190. The molecule has 1 saturated heterocycles. The molecule has 3 rings (SSSR count). The topological polar surface area (TPSA) is 51.5 Å². The van der Waals surface area contributed by atoms with Gasteiger partial charge in [-0.3, -0.25) is 19.1 Å². The fourth-order valence-electron chi connectivity index (χ4n) is 3.25. The Hall–Kier alpha value is -1.95. The van der Waals surface area contributed by atoms with Crippen LogP contribution in [0.25, 0.3) is 0 Å². The van der Waals surface area contributed by atoms with Crippen LogP contribution in [0.1, 0.15) is 35.2 Å². The van der Waals surface area contributed by atoms with Crippen LogP contribution < -0.4 is 0 Å². The Morgan fingerprint density at radius 2 is 1.78 bits per heavy atom. The average Bonchev–Trinajstić information content (AvgIpc) is 3.06. The molecule has 1 aliphatic heterocycles. The molecule has 0 spiro atoms. The number of carbonyl (C=O) groups excluding carboxylic acids is 2. The molecule has 1 aromatic carbocycles. The smallest absolute Gasteiger partial charge is 0.263 e. The summed E-state index contributed by atoms with van der Waals surface area (Å²) < 4.78 is 6.74. The first-order valence-corrected chi connectivity index (χ1v) is 9.80. The van der Waals surface area contributed by atoms with Crippen LogP contribution >= 0.6 is 11.6 Å². The summed E-state index contributed by atoms with van der Waals surface area (Å²) in [5.41, 5.74) is 1.27. The van der Waals surface area contributed by atoms with Crippen LogP contribution in [0.5, 0.6) is 0 Å². The molecule has 27 heavy (non-hydrogen) atoms. The standard InChI is InChI=1S/C21H25ClN2O3/c22-20-18(9-11-24(20)21(26)17-6-2-1-3-7-17)16-19(25)8-4-5-10-23-12-14-27-15-13-23/h1-3,6-7,9,11H,4-5,8,10,12-16H2. The number of morpholine rings is 1. The summed E-state index contributed by atoms with van der Waals surface area (Å²) in [5.74, 6) is -0.0337. The van der Waals surface area contributed by atoms with Gasteiger partial charge in [0.25, 0.3) is 5.91 Å². The number of benzene rings is 1. The Morgan fingerprint density at radius 1 is 1.04 bits per heavy atom. The van der Waals surface area contributed by atoms with E-state index >= 15 is 0 Å². The van der Waals surface area contributed by atoms with Crippen molar-refractivity contribution in [3.8, 4) is 0 Å². The van der Waals surface area contributed by atoms with Gasteiger partial charge in [0, 0.05) is 37.7 Å². The van der Waals surface area contributed by atoms with E-state index in [9.17, 15) is 9.59 Å². The molecular weight excluding hydrogens is 364 g/mol. The first kappa shape index (κ1) is 19.8. The fourth-order valence-corrected chi connectivity index (χ4v) is 3.51. The van der Waals surface area contributed by atoms with Crippen molar-refractivity contribution in [1.29, 1.82) is 0 Å². The lowest BCUT2D eigenvalue weighted by atomic mass is 10.1. The van der Waals surface area contributed by atoms with E-state index in [-0.39, 0.29) is 18.1 Å². The normalized spacial score (nSPS) is 15.0. The maximum atomic E-state index is 12.5. The lowest BCUT2D eigenvalue weighted by Crippen LogP contribution is -2.36. The van der Waals surface area contributed by atoms with E-state index in [1.165, 1.54) is 4.57 Å². The summed E-state index contributed by atoms with van der Waals surface area (Å²) in [4.78, 5) is 27.2. The van der Waals surface area contributed by atoms with Crippen LogP contribution in [0.15, 0.2) is 42.6 Å². The summed E-state index contributed by atoms with van der Waals surface area (Å²) >= 11 is 6.35. The number of hydrogen-bond donors (Lipinski definition) is 0. The van der Waals surface area contributed by atoms with Gasteiger partial charge >= 0.3 is 0 Å². The van der Waals surface area contributed by atoms with E-state index in [4.69, 9.17) is 16.3 Å². The number of aromatic nitrogens is 1. The summed E-state index contributed by atoms with van der Waals surface area (Å²) in [6, 6.07) is 10.7. The molecule has 0 atom stereocenters. The van der Waals surface area contributed by atoms with Crippen molar-refractivity contribution in [1.82, 2.24) is 9.47 Å². The van der Waals surface area contributed by atoms with Crippen LogP contribution in [0.3, 0.4) is 0 Å². The van der Waals surface area contributed by atoms with Gasteiger partial charge in [0.15, 0.2) is 0 Å². The Morgan fingerprint density at radius 3 is 2.52 bits per heavy atom. The lowest BCUT2D eigenvalue weighted by Gasteiger charge is -2.26. The maximum Gasteiger partial charge on any atom is 0.263 e. The second kappa shape index (κ2) is 9.83. The predicted octanol–water partition coefficient (Wildman–Crippen LogP) is 3.44. The van der Waals surface area contributed by atoms with Gasteiger partial charge in [-0.2, -0.15) is 0 Å². The molecule has 0 amide bonds. The zero-order chi connectivity index (χ0) is 19.1. The van der Waals surface area contributed by atoms with E-state index in [2.05, 4.69) is 4.90 Å². The van der Waals surface area contributed by atoms with E-state index in [0.717, 1.165) is 45.7 Å². The third-order valence-corrected chi connectivity index (χ3v) is 5.24. The number of unbranched alkanes of at least 4 members (excludes halogenated alkanes) is 1. The molecule has 0 unspecified atom stereocenters. The van der Waals surface area contributed by atoms with Gasteiger partial charge in [-0.25, -0.2) is 0 Å². The summed E-state index contributed by atoms with van der Waals surface area (Å²) in [6.07, 6.45) is 4.33. The van der Waals surface area contributed by atoms with E-state index in [1.807, 2.05) is 18.2 Å². The van der Waals surface area contributed by atoms with Crippen molar-refractivity contribution in [2.45, 2.75) is 25.7 Å². The van der Waals surface area contributed by atoms with Crippen LogP contribution in [0, 0.1) is 0 Å². The maximum absolute atomic E-state index is 12.5. The van der Waals surface area contributed by atoms with Gasteiger partial charge < -0.3 is 4.74 Å². The van der Waals surface area contributed by atoms with E-state index in [1.54, 1.807) is 24.4 Å². The molecule has 0 radical (unpaired) electrons. The molecule has 0 aliphatic carbocycles. The third kappa shape index (κ3) is 5.51. The van der Waals surface area contributed by atoms with Gasteiger partial charge in [-0.05, 0) is 43.1 Å². The Balaban J connectivity index is 1.47. The van der Waals surface area contributed by atoms with Gasteiger partial charge in [0.1, 0.15) is 10.9 Å². The monoisotopic (exact) mass is 388 g/mol. The number of rotatable bonds is 8. The van der Waals surface area contributed by atoms with Crippen molar-refractivity contribution >= 4 is 23.3 Å². The molecule has 6 heteroatoms. The first-order valence-electron chi connectivity index (χ1n) is 9.42. The minimum Gasteiger partial charge on any atom is -0.379 e. The van der Waals surface area contributed by atoms with Crippen LogP contribution in [-0.2, 0) is 16.0 Å². The highest BCUT2D eigenvalue weighted by molar-refractivity contribution is 6.32. The second-order valence-electron chi connectivity index (χ2n) is 6.80. The number of Topliss-reactive ketones (excluding diaryl/α,β-unsaturated/α-hetero) is 1. The summed E-state index contributed by atoms with van der Waals surface area (Å²) in [6.45, 7) is 4.57. The molecular formula is C21H25ClN2O3. The molecule has 0 N–H and O–H groups in total. The van der Waals surface area contributed by atoms with Crippen molar-refractivity contribution in [3.63, 3.8) is 0 Å². The van der Waals surface area contributed by atoms with Crippen LogP contribution in [0.2, 0.25) is 5.15 Å². The highest BCUT2D eigenvalue weighted by Crippen LogP contribution is 2.21. The molecule has 1 aliphatic rings. The SMILES string of the molecule is O=C(CCCCN1CCOCC1)Cc1ccn(C(=O)c2ccccc2)c1Cl. The van der Waals surface area contributed by atoms with Gasteiger partial charge in [0.2, 0.25) is 0 Å². The zero-order valence-corrected chi connectivity index (χ0v) is 16.2. The van der Waals surface area contributed by atoms with E-state index in [0.29, 0.717) is 22.7 Å².